The van der Waals surface area contributed by atoms with Gasteiger partial charge < -0.3 is 24.4 Å². The summed E-state index contributed by atoms with van der Waals surface area (Å²) < 4.78 is 16.8. The summed E-state index contributed by atoms with van der Waals surface area (Å²) in [7, 11) is -0.264. The molecule has 2 rings (SSSR count). The Kier molecular flexibility index (Phi) is 4.74. The van der Waals surface area contributed by atoms with Gasteiger partial charge in [-0.1, -0.05) is 6.07 Å². The third-order valence-corrected chi connectivity index (χ3v) is 4.40. The van der Waals surface area contributed by atoms with Gasteiger partial charge in [0.2, 0.25) is 0 Å². The van der Waals surface area contributed by atoms with Gasteiger partial charge >= 0.3 is 7.60 Å². The fraction of sp³-hybridized carbons (Fsp3) is 0.429. The van der Waals surface area contributed by atoms with E-state index in [2.05, 4.69) is 9.88 Å². The van der Waals surface area contributed by atoms with Crippen molar-refractivity contribution in [3.63, 3.8) is 0 Å². The summed E-state index contributed by atoms with van der Waals surface area (Å²) in [4.78, 5) is 23.6. The molecule has 1 aromatic heterocycles. The van der Waals surface area contributed by atoms with Crippen LogP contribution in [0, 0.1) is 0 Å². The number of H-pyrrole nitrogens is 1. The molecule has 0 bridgehead atoms. The summed E-state index contributed by atoms with van der Waals surface area (Å²) in [5.41, 5.74) is 1.98. The molecule has 0 aliphatic rings. The highest BCUT2D eigenvalue weighted by Crippen LogP contribution is 2.43. The van der Waals surface area contributed by atoms with E-state index in [0.29, 0.717) is 5.75 Å². The van der Waals surface area contributed by atoms with E-state index in [1.807, 2.05) is 26.4 Å². The lowest BCUT2D eigenvalue weighted by molar-refractivity contribution is 0.239. The van der Waals surface area contributed by atoms with Gasteiger partial charge in [0.25, 0.3) is 0 Å². The molecule has 6 nitrogen and oxygen atoms in total. The molecule has 1 aromatic carbocycles. The first-order chi connectivity index (χ1) is 9.79. The smallest absolute Gasteiger partial charge is 0.365 e. The average molecular weight is 312 g/mol. The Morgan fingerprint density at radius 3 is 2.71 bits per heavy atom. The molecule has 3 N–H and O–H groups in total. The molecule has 0 amide bonds. The molecule has 2 aromatic rings. The molecule has 1 atom stereocenters. The van der Waals surface area contributed by atoms with E-state index < -0.39 is 13.4 Å². The van der Waals surface area contributed by atoms with Crippen molar-refractivity contribution in [2.45, 2.75) is 19.2 Å². The van der Waals surface area contributed by atoms with Crippen LogP contribution in [0.2, 0.25) is 0 Å². The molecule has 0 aliphatic heterocycles. The van der Waals surface area contributed by atoms with Gasteiger partial charge in [-0.3, -0.25) is 4.57 Å². The number of nitrogens with one attached hydrogen (secondary N) is 1. The number of rotatable bonds is 6. The van der Waals surface area contributed by atoms with Gasteiger partial charge in [0, 0.05) is 23.6 Å². The molecule has 0 fully saturated rings. The molecule has 1 unspecified atom stereocenters. The predicted molar refractivity (Wildman–Crippen MR) is 82.7 cm³/mol. The minimum absolute atomic E-state index is 0.498. The zero-order chi connectivity index (χ0) is 15.6. The Labute approximate surface area is 123 Å². The molecular formula is C14H21N2O4P. The summed E-state index contributed by atoms with van der Waals surface area (Å²) >= 11 is 0. The molecule has 21 heavy (non-hydrogen) atoms. The minimum Gasteiger partial charge on any atom is -0.477 e. The van der Waals surface area contributed by atoms with Crippen molar-refractivity contribution in [2.24, 2.45) is 0 Å². The standard InChI is InChI=1S/C14H21N2O4P/c1-10(21(17,18)19)20-13-6-4-5-12-14(13)11(9-15-12)7-8-16(2)3/h4-6,9-10,15H,7-8H2,1-3H3,(H2,17,18,19). The van der Waals surface area contributed by atoms with Gasteiger partial charge in [0.05, 0.1) is 0 Å². The first-order valence-corrected chi connectivity index (χ1v) is 8.43. The fourth-order valence-corrected chi connectivity index (χ4v) is 2.36. The second-order valence-electron chi connectivity index (χ2n) is 5.35. The van der Waals surface area contributed by atoms with Crippen molar-refractivity contribution in [3.8, 4) is 5.75 Å². The van der Waals surface area contributed by atoms with Crippen molar-refractivity contribution in [3.05, 3.63) is 30.0 Å². The van der Waals surface area contributed by atoms with Crippen LogP contribution in [-0.4, -0.2) is 46.2 Å². The SMILES string of the molecule is CC(Oc1cccc2[nH]cc(CCN(C)C)c12)P(=O)(O)O. The zero-order valence-electron chi connectivity index (χ0n) is 12.4. The second-order valence-corrected chi connectivity index (χ2v) is 7.26. The highest BCUT2D eigenvalue weighted by Gasteiger charge is 2.26. The normalized spacial score (nSPS) is 13.8. The largest absolute Gasteiger partial charge is 0.477 e. The maximum absolute atomic E-state index is 11.3. The number of aromatic nitrogens is 1. The third-order valence-electron chi connectivity index (χ3n) is 3.35. The van der Waals surface area contributed by atoms with Crippen molar-refractivity contribution < 1.29 is 19.1 Å². The monoisotopic (exact) mass is 312 g/mol. The van der Waals surface area contributed by atoms with Crippen LogP contribution in [0.25, 0.3) is 10.9 Å². The summed E-state index contributed by atoms with van der Waals surface area (Å²) in [6.45, 7) is 2.26. The molecule has 0 spiro atoms. The van der Waals surface area contributed by atoms with Crippen LogP contribution in [0.15, 0.2) is 24.4 Å². The van der Waals surface area contributed by atoms with Gasteiger partial charge in [-0.2, -0.15) is 0 Å². The van der Waals surface area contributed by atoms with E-state index in [0.717, 1.165) is 29.4 Å². The van der Waals surface area contributed by atoms with Crippen molar-refractivity contribution in [1.82, 2.24) is 9.88 Å². The fourth-order valence-electron chi connectivity index (χ4n) is 2.11. The predicted octanol–water partition coefficient (Wildman–Crippen LogP) is 2.17. The van der Waals surface area contributed by atoms with Crippen LogP contribution in [0.1, 0.15) is 12.5 Å². The number of benzene rings is 1. The molecule has 1 heterocycles. The Balaban J connectivity index is 2.35. The van der Waals surface area contributed by atoms with Gasteiger partial charge in [-0.25, -0.2) is 0 Å². The maximum Gasteiger partial charge on any atom is 0.365 e. The number of hydrogen-bond acceptors (Lipinski definition) is 3. The van der Waals surface area contributed by atoms with Crippen molar-refractivity contribution in [1.29, 1.82) is 0 Å². The lowest BCUT2D eigenvalue weighted by Crippen LogP contribution is -2.15. The number of likely N-dealkylation sites (N-methyl/N-ethyl adjacent to an activating group) is 1. The number of hydrogen-bond donors (Lipinski definition) is 3. The number of nitrogens with zero attached hydrogens (tertiary/aromatic N) is 1. The van der Waals surface area contributed by atoms with Gasteiger partial charge in [-0.15, -0.1) is 0 Å². The third kappa shape index (κ3) is 3.86. The molecule has 0 saturated carbocycles. The summed E-state index contributed by atoms with van der Waals surface area (Å²) in [6, 6.07) is 5.46. The van der Waals surface area contributed by atoms with E-state index in [-0.39, 0.29) is 0 Å². The quantitative estimate of drug-likeness (QED) is 0.712. The van der Waals surface area contributed by atoms with Gasteiger partial charge in [0.1, 0.15) is 5.75 Å². The average Bonchev–Trinajstić information content (AvgIpc) is 2.79. The highest BCUT2D eigenvalue weighted by molar-refractivity contribution is 7.52. The lowest BCUT2D eigenvalue weighted by atomic mass is 10.1. The Hall–Kier alpha value is -1.33. The zero-order valence-corrected chi connectivity index (χ0v) is 13.3. The summed E-state index contributed by atoms with van der Waals surface area (Å²) in [6.07, 6.45) is 2.75. The Morgan fingerprint density at radius 2 is 2.10 bits per heavy atom. The van der Waals surface area contributed by atoms with E-state index in [9.17, 15) is 14.4 Å². The number of ether oxygens (including phenoxy) is 1. The molecule has 7 heteroatoms. The summed E-state index contributed by atoms with van der Waals surface area (Å²) in [5, 5.41) is 0.889. The van der Waals surface area contributed by atoms with Crippen molar-refractivity contribution >= 4 is 18.5 Å². The van der Waals surface area contributed by atoms with Gasteiger partial charge in [0.15, 0.2) is 5.85 Å². The van der Waals surface area contributed by atoms with Crippen LogP contribution in [0.5, 0.6) is 5.75 Å². The van der Waals surface area contributed by atoms with Crippen LogP contribution < -0.4 is 4.74 Å². The van der Waals surface area contributed by atoms with E-state index in [1.165, 1.54) is 6.92 Å². The second kappa shape index (κ2) is 6.20. The minimum atomic E-state index is -4.27. The topological polar surface area (TPSA) is 85.8 Å². The summed E-state index contributed by atoms with van der Waals surface area (Å²) in [5.74, 6) is -0.668. The van der Waals surface area contributed by atoms with E-state index in [4.69, 9.17) is 4.74 Å². The Morgan fingerprint density at radius 1 is 1.38 bits per heavy atom. The number of aromatic amines is 1. The van der Waals surface area contributed by atoms with Crippen LogP contribution in [-0.2, 0) is 11.0 Å². The van der Waals surface area contributed by atoms with E-state index in [1.54, 1.807) is 12.1 Å². The van der Waals surface area contributed by atoms with Gasteiger partial charge in [-0.05, 0) is 45.1 Å². The molecule has 116 valence electrons. The van der Waals surface area contributed by atoms with Crippen LogP contribution in [0.3, 0.4) is 0 Å². The van der Waals surface area contributed by atoms with E-state index >= 15 is 0 Å². The first-order valence-electron chi connectivity index (χ1n) is 6.74. The lowest BCUT2D eigenvalue weighted by Gasteiger charge is -2.17. The highest BCUT2D eigenvalue weighted by atomic mass is 31.2. The Bertz CT molecular complexity index is 662. The first kappa shape index (κ1) is 16.0. The molecular weight excluding hydrogens is 291 g/mol. The number of fused-ring (bicyclic) bond motifs is 1. The van der Waals surface area contributed by atoms with Crippen LogP contribution >= 0.6 is 7.60 Å². The molecule has 0 radical (unpaired) electrons. The maximum atomic E-state index is 11.3. The van der Waals surface area contributed by atoms with Crippen LogP contribution in [0.4, 0.5) is 0 Å². The molecule has 0 aliphatic carbocycles. The molecule has 0 saturated heterocycles. The van der Waals surface area contributed by atoms with Crippen molar-refractivity contribution in [2.75, 3.05) is 20.6 Å².